The minimum atomic E-state index is -2.24. The summed E-state index contributed by atoms with van der Waals surface area (Å²) in [6, 6.07) is 23.7. The van der Waals surface area contributed by atoms with Gasteiger partial charge in [-0.15, -0.1) is 0 Å². The van der Waals surface area contributed by atoms with Crippen molar-refractivity contribution in [1.82, 2.24) is 4.90 Å². The summed E-state index contributed by atoms with van der Waals surface area (Å²) in [6.07, 6.45) is 0. The van der Waals surface area contributed by atoms with Crippen LogP contribution in [0.1, 0.15) is 27.0 Å². The number of aryl methyl sites for hydroxylation is 1. The summed E-state index contributed by atoms with van der Waals surface area (Å²) in [5.74, 6) is -0.562. The highest BCUT2D eigenvalue weighted by Crippen LogP contribution is 2.54. The lowest BCUT2D eigenvalue weighted by Crippen LogP contribution is -2.60. The molecule has 0 unspecified atom stereocenters. The van der Waals surface area contributed by atoms with Crippen molar-refractivity contribution in [2.75, 3.05) is 4.90 Å². The summed E-state index contributed by atoms with van der Waals surface area (Å²) in [6.45, 7) is 2.15. The van der Waals surface area contributed by atoms with E-state index in [4.69, 9.17) is 12.2 Å². The lowest BCUT2D eigenvalue weighted by Gasteiger charge is -2.37. The van der Waals surface area contributed by atoms with Crippen molar-refractivity contribution >= 4 is 28.8 Å². The van der Waals surface area contributed by atoms with Crippen LogP contribution in [0.4, 0.5) is 5.69 Å². The van der Waals surface area contributed by atoms with Crippen LogP contribution in [-0.4, -0.2) is 31.7 Å². The van der Waals surface area contributed by atoms with Crippen LogP contribution in [0.3, 0.4) is 0 Å². The Morgan fingerprint density at radius 2 is 1.50 bits per heavy atom. The smallest absolute Gasteiger partial charge is 0.259 e. The number of benzene rings is 3. The molecule has 5 rings (SSSR count). The van der Waals surface area contributed by atoms with E-state index >= 15 is 0 Å². The molecule has 150 valence electrons. The first-order valence-electron chi connectivity index (χ1n) is 9.70. The SMILES string of the molecule is Cc1ccc(N2C(=S)N(Cc3ccccc3)[C@@]3(O)C(=O)c4ccccc4[C@@]23O)cc1. The average Bonchev–Trinajstić information content (AvgIpc) is 3.04. The Bertz CT molecular complexity index is 1160. The summed E-state index contributed by atoms with van der Waals surface area (Å²) >= 11 is 5.74. The molecule has 6 heteroatoms. The first kappa shape index (κ1) is 18.9. The van der Waals surface area contributed by atoms with Crippen LogP contribution in [-0.2, 0) is 12.3 Å². The van der Waals surface area contributed by atoms with Gasteiger partial charge in [0.15, 0.2) is 5.11 Å². The maximum Gasteiger partial charge on any atom is 0.259 e. The molecule has 2 aliphatic rings. The summed E-state index contributed by atoms with van der Waals surface area (Å²) in [5, 5.41) is 24.1. The molecule has 0 saturated carbocycles. The van der Waals surface area contributed by atoms with Crippen LogP contribution >= 0.6 is 12.2 Å². The third-order valence-electron chi connectivity index (χ3n) is 5.96. The topological polar surface area (TPSA) is 64.0 Å². The highest BCUT2D eigenvalue weighted by Gasteiger charge is 2.74. The van der Waals surface area contributed by atoms with Gasteiger partial charge in [-0.25, -0.2) is 0 Å². The van der Waals surface area contributed by atoms with Gasteiger partial charge in [-0.2, -0.15) is 0 Å². The van der Waals surface area contributed by atoms with Crippen molar-refractivity contribution in [3.8, 4) is 0 Å². The quantitative estimate of drug-likeness (QED) is 0.639. The Kier molecular flexibility index (Phi) is 4.08. The van der Waals surface area contributed by atoms with E-state index in [1.807, 2.05) is 61.5 Å². The van der Waals surface area contributed by atoms with Gasteiger partial charge in [-0.1, -0.05) is 72.3 Å². The zero-order valence-electron chi connectivity index (χ0n) is 16.3. The van der Waals surface area contributed by atoms with Gasteiger partial charge in [-0.05, 0) is 36.8 Å². The number of carbonyl (C=O) groups is 1. The molecule has 2 atom stereocenters. The summed E-state index contributed by atoms with van der Waals surface area (Å²) in [5.41, 5.74) is -1.13. The molecule has 1 saturated heterocycles. The Morgan fingerprint density at radius 3 is 2.20 bits per heavy atom. The number of rotatable bonds is 3. The molecule has 0 aromatic heterocycles. The predicted molar refractivity (Wildman–Crippen MR) is 118 cm³/mol. The second kappa shape index (κ2) is 6.47. The molecule has 0 spiro atoms. The number of hydrogen-bond donors (Lipinski definition) is 2. The Balaban J connectivity index is 1.74. The molecule has 3 aromatic rings. The number of anilines is 1. The molecule has 30 heavy (non-hydrogen) atoms. The minimum absolute atomic E-state index is 0.181. The summed E-state index contributed by atoms with van der Waals surface area (Å²) in [4.78, 5) is 16.4. The Labute approximate surface area is 179 Å². The molecule has 1 aliphatic carbocycles. The van der Waals surface area contributed by atoms with E-state index in [1.165, 1.54) is 9.80 Å². The van der Waals surface area contributed by atoms with Crippen LogP contribution in [0, 0.1) is 6.92 Å². The normalized spacial score (nSPS) is 24.9. The third kappa shape index (κ3) is 2.29. The van der Waals surface area contributed by atoms with Gasteiger partial charge in [-0.3, -0.25) is 9.69 Å². The molecule has 1 fully saturated rings. The molecule has 3 aromatic carbocycles. The van der Waals surface area contributed by atoms with E-state index in [9.17, 15) is 15.0 Å². The number of hydrogen-bond acceptors (Lipinski definition) is 4. The van der Waals surface area contributed by atoms with E-state index in [-0.39, 0.29) is 11.7 Å². The molecule has 1 heterocycles. The fourth-order valence-electron chi connectivity index (χ4n) is 4.44. The lowest BCUT2D eigenvalue weighted by molar-refractivity contribution is -0.156. The van der Waals surface area contributed by atoms with E-state index in [0.717, 1.165) is 11.1 Å². The molecule has 0 bridgehead atoms. The fraction of sp³-hybridized carbons (Fsp3) is 0.167. The molecule has 0 radical (unpaired) electrons. The molecular formula is C24H20N2O3S. The number of nitrogens with zero attached hydrogens (tertiary/aromatic N) is 2. The minimum Gasteiger partial charge on any atom is -0.362 e. The Hall–Kier alpha value is -3.06. The van der Waals surface area contributed by atoms with Gasteiger partial charge in [0.05, 0.1) is 0 Å². The Morgan fingerprint density at radius 1 is 0.867 bits per heavy atom. The molecule has 1 aliphatic heterocycles. The maximum absolute atomic E-state index is 13.4. The number of carbonyl (C=O) groups excluding carboxylic acids is 1. The van der Waals surface area contributed by atoms with E-state index in [2.05, 4.69) is 0 Å². The maximum atomic E-state index is 13.4. The van der Waals surface area contributed by atoms with Crippen molar-refractivity contribution in [3.05, 3.63) is 101 Å². The predicted octanol–water partition coefficient (Wildman–Crippen LogP) is 3.33. The van der Waals surface area contributed by atoms with Crippen LogP contribution in [0.25, 0.3) is 0 Å². The van der Waals surface area contributed by atoms with Crippen molar-refractivity contribution < 1.29 is 15.0 Å². The summed E-state index contributed by atoms with van der Waals surface area (Å²) < 4.78 is 0. The largest absolute Gasteiger partial charge is 0.362 e. The van der Waals surface area contributed by atoms with Crippen molar-refractivity contribution in [2.24, 2.45) is 0 Å². The van der Waals surface area contributed by atoms with Crippen molar-refractivity contribution in [2.45, 2.75) is 24.9 Å². The van der Waals surface area contributed by atoms with Crippen molar-refractivity contribution in [1.29, 1.82) is 0 Å². The van der Waals surface area contributed by atoms with E-state index < -0.39 is 17.2 Å². The first-order valence-corrected chi connectivity index (χ1v) is 10.1. The number of aliphatic hydroxyl groups is 2. The van der Waals surface area contributed by atoms with Gasteiger partial charge < -0.3 is 15.1 Å². The van der Waals surface area contributed by atoms with Crippen LogP contribution < -0.4 is 4.90 Å². The number of thiocarbonyl (C=S) groups is 1. The summed E-state index contributed by atoms with van der Waals surface area (Å²) in [7, 11) is 0. The van der Waals surface area contributed by atoms with Crippen molar-refractivity contribution in [3.63, 3.8) is 0 Å². The van der Waals surface area contributed by atoms with Crippen LogP contribution in [0.5, 0.6) is 0 Å². The van der Waals surface area contributed by atoms with E-state index in [1.54, 1.807) is 24.3 Å². The molecule has 5 nitrogen and oxygen atoms in total. The monoisotopic (exact) mass is 416 g/mol. The molecular weight excluding hydrogens is 396 g/mol. The van der Waals surface area contributed by atoms with Gasteiger partial charge in [0.2, 0.25) is 11.5 Å². The fourth-order valence-corrected chi connectivity index (χ4v) is 4.88. The van der Waals surface area contributed by atoms with Gasteiger partial charge in [0, 0.05) is 23.4 Å². The highest BCUT2D eigenvalue weighted by atomic mass is 32.1. The van der Waals surface area contributed by atoms with Crippen LogP contribution in [0.2, 0.25) is 0 Å². The van der Waals surface area contributed by atoms with Gasteiger partial charge >= 0.3 is 0 Å². The number of ketones is 1. The number of Topliss-reactive ketones (excluding diaryl/α,β-unsaturated/α-hetero) is 1. The first-order chi connectivity index (χ1) is 14.4. The standard InChI is InChI=1S/C24H20N2O3S/c1-16-11-13-18(14-12-16)26-22(30)25(15-17-7-3-2-4-8-17)24(29)21(27)19-9-5-6-10-20(19)23(24,26)28/h2-14,28-29H,15H2,1H3/t23-,24+/m0/s1. The molecule has 2 N–H and O–H groups in total. The zero-order chi connectivity index (χ0) is 21.1. The zero-order valence-corrected chi connectivity index (χ0v) is 17.1. The second-order valence-corrected chi connectivity index (χ2v) is 8.11. The lowest BCUT2D eigenvalue weighted by atomic mass is 9.97. The van der Waals surface area contributed by atoms with Gasteiger partial charge in [0.1, 0.15) is 0 Å². The van der Waals surface area contributed by atoms with Gasteiger partial charge in [0.25, 0.3) is 5.72 Å². The second-order valence-electron chi connectivity index (χ2n) is 7.74. The highest BCUT2D eigenvalue weighted by molar-refractivity contribution is 7.80. The van der Waals surface area contributed by atoms with Crippen LogP contribution in [0.15, 0.2) is 78.9 Å². The molecule has 0 amide bonds. The number of fused-ring (bicyclic) bond motifs is 3. The third-order valence-corrected chi connectivity index (χ3v) is 6.37. The average molecular weight is 417 g/mol. The van der Waals surface area contributed by atoms with E-state index in [0.29, 0.717) is 16.8 Å².